The van der Waals surface area contributed by atoms with Gasteiger partial charge in [-0.2, -0.15) is 0 Å². The van der Waals surface area contributed by atoms with Gasteiger partial charge in [0.2, 0.25) is 5.91 Å². The number of furan rings is 1. The molecule has 1 atom stereocenters. The number of carbonyl (C=O) groups excluding carboxylic acids is 1. The number of aromatic nitrogens is 1. The van der Waals surface area contributed by atoms with Crippen LogP contribution in [0, 0.1) is 0 Å². The van der Waals surface area contributed by atoms with Gasteiger partial charge in [-0.15, -0.1) is 0 Å². The molecular weight excluding hydrogens is 270 g/mol. The van der Waals surface area contributed by atoms with Crippen LogP contribution in [0.4, 0.5) is 0 Å². The fourth-order valence-corrected chi connectivity index (χ4v) is 2.03. The van der Waals surface area contributed by atoms with Gasteiger partial charge in [0.05, 0.1) is 12.3 Å². The summed E-state index contributed by atoms with van der Waals surface area (Å²) in [5.74, 6) is 0.582. The summed E-state index contributed by atoms with van der Waals surface area (Å²) in [5.41, 5.74) is -0.192. The number of rotatable bonds is 6. The Bertz CT molecular complexity index is 632. The van der Waals surface area contributed by atoms with Gasteiger partial charge in [0.15, 0.2) is 0 Å². The van der Waals surface area contributed by atoms with E-state index in [0.717, 1.165) is 5.76 Å². The minimum atomic E-state index is -0.207. The molecule has 0 aliphatic carbocycles. The van der Waals surface area contributed by atoms with E-state index in [1.807, 2.05) is 31.1 Å². The highest BCUT2D eigenvalue weighted by atomic mass is 16.3. The molecule has 6 nitrogen and oxygen atoms in total. The molecule has 1 unspecified atom stereocenters. The lowest BCUT2D eigenvalue weighted by Crippen LogP contribution is -2.37. The van der Waals surface area contributed by atoms with E-state index in [4.69, 9.17) is 4.42 Å². The Labute approximate surface area is 123 Å². The third-order valence-corrected chi connectivity index (χ3v) is 3.20. The predicted octanol–water partition coefficient (Wildman–Crippen LogP) is 0.860. The molecular formula is C15H19N3O3. The first-order valence-electron chi connectivity index (χ1n) is 6.70. The smallest absolute Gasteiger partial charge is 0.250 e. The minimum Gasteiger partial charge on any atom is -0.468 e. The summed E-state index contributed by atoms with van der Waals surface area (Å²) in [6.45, 7) is 0.429. The fourth-order valence-electron chi connectivity index (χ4n) is 2.03. The summed E-state index contributed by atoms with van der Waals surface area (Å²) >= 11 is 0. The van der Waals surface area contributed by atoms with E-state index in [9.17, 15) is 9.59 Å². The van der Waals surface area contributed by atoms with Crippen LogP contribution in [0.25, 0.3) is 0 Å². The second kappa shape index (κ2) is 6.90. The van der Waals surface area contributed by atoms with Crippen LogP contribution in [0.1, 0.15) is 11.8 Å². The van der Waals surface area contributed by atoms with Gasteiger partial charge in [-0.05, 0) is 32.3 Å². The molecule has 2 heterocycles. The van der Waals surface area contributed by atoms with E-state index < -0.39 is 0 Å². The van der Waals surface area contributed by atoms with E-state index in [1.54, 1.807) is 24.6 Å². The normalized spacial score (nSPS) is 12.3. The Hall–Kier alpha value is -2.34. The third kappa shape index (κ3) is 4.06. The van der Waals surface area contributed by atoms with Crippen molar-refractivity contribution in [3.05, 3.63) is 58.9 Å². The lowest BCUT2D eigenvalue weighted by molar-refractivity contribution is -0.121. The zero-order valence-electron chi connectivity index (χ0n) is 12.2. The fraction of sp³-hybridized carbons (Fsp3) is 0.333. The average molecular weight is 289 g/mol. The Morgan fingerprint density at radius 2 is 2.14 bits per heavy atom. The van der Waals surface area contributed by atoms with Gasteiger partial charge in [-0.3, -0.25) is 14.5 Å². The van der Waals surface area contributed by atoms with Crippen molar-refractivity contribution in [2.24, 2.45) is 0 Å². The van der Waals surface area contributed by atoms with Crippen molar-refractivity contribution in [1.82, 2.24) is 14.8 Å². The Balaban J connectivity index is 1.94. The van der Waals surface area contributed by atoms with Crippen LogP contribution in [0.2, 0.25) is 0 Å². The molecule has 6 heteroatoms. The number of likely N-dealkylation sites (N-methyl/N-ethyl adjacent to an activating group) is 1. The van der Waals surface area contributed by atoms with Gasteiger partial charge in [0.25, 0.3) is 5.56 Å². The lowest BCUT2D eigenvalue weighted by atomic mass is 10.2. The molecule has 112 valence electrons. The zero-order chi connectivity index (χ0) is 15.2. The number of hydrogen-bond donors (Lipinski definition) is 1. The van der Waals surface area contributed by atoms with Crippen LogP contribution >= 0.6 is 0 Å². The number of nitrogens with one attached hydrogen (secondary N) is 1. The Morgan fingerprint density at radius 1 is 1.33 bits per heavy atom. The maximum Gasteiger partial charge on any atom is 0.250 e. The number of nitrogens with zero attached hydrogens (tertiary/aromatic N) is 2. The summed E-state index contributed by atoms with van der Waals surface area (Å²) in [6.07, 6.45) is 3.20. The molecule has 2 aromatic rings. The van der Waals surface area contributed by atoms with E-state index >= 15 is 0 Å². The number of carbonyl (C=O) groups is 1. The minimum absolute atomic E-state index is 0.0119. The first-order chi connectivity index (χ1) is 10.1. The molecule has 0 aromatic carbocycles. The lowest BCUT2D eigenvalue weighted by Gasteiger charge is -2.22. The molecule has 0 radical (unpaired) electrons. The first kappa shape index (κ1) is 15.1. The van der Waals surface area contributed by atoms with Gasteiger partial charge in [0.1, 0.15) is 12.3 Å². The molecule has 0 saturated heterocycles. The monoisotopic (exact) mass is 289 g/mol. The zero-order valence-corrected chi connectivity index (χ0v) is 12.2. The van der Waals surface area contributed by atoms with Gasteiger partial charge in [0, 0.05) is 18.8 Å². The Kier molecular flexibility index (Phi) is 4.94. The number of hydrogen-bond acceptors (Lipinski definition) is 4. The summed E-state index contributed by atoms with van der Waals surface area (Å²) in [6, 6.07) is 8.45. The van der Waals surface area contributed by atoms with E-state index in [2.05, 4.69) is 5.32 Å². The number of amides is 1. The van der Waals surface area contributed by atoms with Gasteiger partial charge in [-0.25, -0.2) is 0 Å². The Morgan fingerprint density at radius 3 is 2.76 bits per heavy atom. The highest BCUT2D eigenvalue weighted by Gasteiger charge is 2.17. The van der Waals surface area contributed by atoms with Crippen molar-refractivity contribution in [1.29, 1.82) is 0 Å². The molecule has 0 fully saturated rings. The van der Waals surface area contributed by atoms with Gasteiger partial charge in [-0.1, -0.05) is 6.07 Å². The topological polar surface area (TPSA) is 67.5 Å². The van der Waals surface area contributed by atoms with Gasteiger partial charge >= 0.3 is 0 Å². The molecule has 21 heavy (non-hydrogen) atoms. The van der Waals surface area contributed by atoms with Crippen LogP contribution in [0.5, 0.6) is 0 Å². The van der Waals surface area contributed by atoms with Crippen molar-refractivity contribution in [3.63, 3.8) is 0 Å². The van der Waals surface area contributed by atoms with Crippen molar-refractivity contribution in [2.75, 3.05) is 20.6 Å². The quantitative estimate of drug-likeness (QED) is 0.856. The molecule has 0 saturated carbocycles. The van der Waals surface area contributed by atoms with Crippen LogP contribution in [-0.4, -0.2) is 36.0 Å². The van der Waals surface area contributed by atoms with Crippen LogP contribution in [0.3, 0.4) is 0 Å². The van der Waals surface area contributed by atoms with Crippen molar-refractivity contribution < 1.29 is 9.21 Å². The molecule has 0 bridgehead atoms. The SMILES string of the molecule is CN(C)C(CNC(=O)Cn1ccccc1=O)c1ccco1. The molecule has 0 spiro atoms. The first-order valence-corrected chi connectivity index (χ1v) is 6.70. The average Bonchev–Trinajstić information content (AvgIpc) is 2.95. The second-order valence-electron chi connectivity index (χ2n) is 4.97. The van der Waals surface area contributed by atoms with E-state index in [0.29, 0.717) is 6.54 Å². The van der Waals surface area contributed by atoms with Crippen molar-refractivity contribution in [2.45, 2.75) is 12.6 Å². The number of pyridine rings is 1. The van der Waals surface area contributed by atoms with Crippen molar-refractivity contribution in [3.8, 4) is 0 Å². The molecule has 1 N–H and O–H groups in total. The van der Waals surface area contributed by atoms with E-state index in [1.165, 1.54) is 10.6 Å². The highest BCUT2D eigenvalue weighted by Crippen LogP contribution is 2.17. The standard InChI is InChI=1S/C15H19N3O3/c1-17(2)12(13-6-5-9-21-13)10-16-14(19)11-18-8-4-3-7-15(18)20/h3-9,12H,10-11H2,1-2H3,(H,16,19). The van der Waals surface area contributed by atoms with E-state index in [-0.39, 0.29) is 24.1 Å². The van der Waals surface area contributed by atoms with Crippen LogP contribution in [-0.2, 0) is 11.3 Å². The third-order valence-electron chi connectivity index (χ3n) is 3.20. The van der Waals surface area contributed by atoms with Crippen molar-refractivity contribution >= 4 is 5.91 Å². The summed E-state index contributed by atoms with van der Waals surface area (Å²) in [7, 11) is 3.84. The summed E-state index contributed by atoms with van der Waals surface area (Å²) in [4.78, 5) is 25.5. The predicted molar refractivity (Wildman–Crippen MR) is 78.8 cm³/mol. The molecule has 0 aliphatic heterocycles. The van der Waals surface area contributed by atoms with Crippen LogP contribution < -0.4 is 10.9 Å². The second-order valence-corrected chi connectivity index (χ2v) is 4.97. The molecule has 2 rings (SSSR count). The molecule has 1 amide bonds. The largest absolute Gasteiger partial charge is 0.468 e. The highest BCUT2D eigenvalue weighted by molar-refractivity contribution is 5.75. The summed E-state index contributed by atoms with van der Waals surface area (Å²) in [5, 5.41) is 2.83. The maximum atomic E-state index is 11.9. The summed E-state index contributed by atoms with van der Waals surface area (Å²) < 4.78 is 6.75. The van der Waals surface area contributed by atoms with Gasteiger partial charge < -0.3 is 14.3 Å². The van der Waals surface area contributed by atoms with Crippen LogP contribution in [0.15, 0.2) is 52.0 Å². The maximum absolute atomic E-state index is 11.9. The molecule has 0 aliphatic rings. The molecule has 2 aromatic heterocycles.